The molecule has 0 amide bonds. The van der Waals surface area contributed by atoms with Gasteiger partial charge in [-0.05, 0) is 29.8 Å². The zero-order chi connectivity index (χ0) is 15.1. The highest BCUT2D eigenvalue weighted by Gasteiger charge is 2.20. The number of nitrogens with one attached hydrogen (secondary N) is 2. The van der Waals surface area contributed by atoms with Gasteiger partial charge in [0.1, 0.15) is 11.6 Å². The van der Waals surface area contributed by atoms with Crippen LogP contribution < -0.4 is 5.69 Å². The normalized spacial score (nSPS) is 12.8. The first-order valence-corrected chi connectivity index (χ1v) is 7.67. The minimum absolute atomic E-state index is 0.0737. The molecule has 0 saturated carbocycles. The van der Waals surface area contributed by atoms with Gasteiger partial charge in [-0.25, -0.2) is 13.6 Å². The molecule has 0 aliphatic heterocycles. The van der Waals surface area contributed by atoms with E-state index in [4.69, 9.17) is 0 Å². The van der Waals surface area contributed by atoms with Gasteiger partial charge in [0.25, 0.3) is 0 Å². The maximum Gasteiger partial charge on any atom is 0.323 e. The molecule has 3 rings (SSSR count). The van der Waals surface area contributed by atoms with Crippen LogP contribution in [0.3, 0.4) is 0 Å². The summed E-state index contributed by atoms with van der Waals surface area (Å²) >= 11 is 6.36. The van der Waals surface area contributed by atoms with Crippen LogP contribution in [0.5, 0.6) is 0 Å². The third-order valence-electron chi connectivity index (χ3n) is 3.13. The molecule has 1 atom stereocenters. The molecule has 1 unspecified atom stereocenters. The number of aromatic amines is 2. The van der Waals surface area contributed by atoms with E-state index in [0.717, 1.165) is 0 Å². The molecule has 3 nitrogen and oxygen atoms in total. The second-order valence-corrected chi connectivity index (χ2v) is 6.36. The summed E-state index contributed by atoms with van der Waals surface area (Å²) in [6.45, 7) is 0. The van der Waals surface area contributed by atoms with Crippen molar-refractivity contribution in [2.45, 2.75) is 4.83 Å². The van der Waals surface area contributed by atoms with Crippen molar-refractivity contribution >= 4 is 42.9 Å². The number of fused-ring (bicyclic) bond motifs is 1. The highest BCUT2D eigenvalue weighted by Crippen LogP contribution is 2.36. The molecule has 7 heteroatoms. The Morgan fingerprint density at radius 3 is 2.29 bits per heavy atom. The van der Waals surface area contributed by atoms with E-state index in [1.807, 2.05) is 0 Å². The van der Waals surface area contributed by atoms with Crippen molar-refractivity contribution in [3.8, 4) is 0 Å². The number of H-pyrrole nitrogens is 2. The standard InChI is InChI=1S/C14H8Br2F2N2O/c15-7-4-8(17)12(9(18)5-7)13(16)6-1-2-10-11(3-6)20-14(21)19-10/h1-5,13H,(H2,19,20,21). The number of rotatable bonds is 2. The summed E-state index contributed by atoms with van der Waals surface area (Å²) in [6, 6.07) is 7.48. The first-order valence-electron chi connectivity index (χ1n) is 5.96. The second kappa shape index (κ2) is 5.38. The molecule has 2 N–H and O–H groups in total. The molecule has 0 radical (unpaired) electrons. The molecule has 0 spiro atoms. The lowest BCUT2D eigenvalue weighted by Crippen LogP contribution is -2.01. The zero-order valence-electron chi connectivity index (χ0n) is 10.4. The topological polar surface area (TPSA) is 48.6 Å². The Morgan fingerprint density at radius 1 is 1.00 bits per heavy atom. The molecule has 0 aliphatic rings. The van der Waals surface area contributed by atoms with E-state index in [2.05, 4.69) is 41.8 Å². The van der Waals surface area contributed by atoms with Crippen molar-refractivity contribution in [2.75, 3.05) is 0 Å². The summed E-state index contributed by atoms with van der Waals surface area (Å²) in [5.41, 5.74) is 1.46. The molecule has 0 bridgehead atoms. The van der Waals surface area contributed by atoms with Crippen molar-refractivity contribution in [2.24, 2.45) is 0 Å². The highest BCUT2D eigenvalue weighted by molar-refractivity contribution is 9.10. The van der Waals surface area contributed by atoms with Gasteiger partial charge in [0, 0.05) is 10.0 Å². The van der Waals surface area contributed by atoms with Crippen LogP contribution in [0.25, 0.3) is 11.0 Å². The fourth-order valence-corrected chi connectivity index (χ4v) is 3.29. The van der Waals surface area contributed by atoms with Crippen molar-refractivity contribution in [1.82, 2.24) is 9.97 Å². The molecular weight excluding hydrogens is 410 g/mol. The Hall–Kier alpha value is -1.47. The van der Waals surface area contributed by atoms with E-state index in [1.165, 1.54) is 12.1 Å². The van der Waals surface area contributed by atoms with Crippen LogP contribution in [0.4, 0.5) is 8.78 Å². The van der Waals surface area contributed by atoms with E-state index >= 15 is 0 Å². The van der Waals surface area contributed by atoms with Crippen LogP contribution in [0.15, 0.2) is 39.6 Å². The summed E-state index contributed by atoms with van der Waals surface area (Å²) < 4.78 is 28.3. The van der Waals surface area contributed by atoms with Crippen LogP contribution in [0.1, 0.15) is 16.0 Å². The van der Waals surface area contributed by atoms with Crippen LogP contribution in [-0.4, -0.2) is 9.97 Å². The lowest BCUT2D eigenvalue weighted by Gasteiger charge is -2.13. The fraction of sp³-hybridized carbons (Fsp3) is 0.0714. The average Bonchev–Trinajstić information content (AvgIpc) is 2.76. The maximum atomic E-state index is 14.0. The number of alkyl halides is 1. The van der Waals surface area contributed by atoms with Gasteiger partial charge in [-0.15, -0.1) is 0 Å². The van der Waals surface area contributed by atoms with Crippen LogP contribution >= 0.6 is 31.9 Å². The first-order chi connectivity index (χ1) is 9.95. The maximum absolute atomic E-state index is 14.0. The molecular formula is C14H8Br2F2N2O. The Balaban J connectivity index is 2.11. The summed E-state index contributed by atoms with van der Waals surface area (Å²) in [4.78, 5) is 15.8. The molecule has 2 aromatic carbocycles. The van der Waals surface area contributed by atoms with Gasteiger partial charge in [-0.2, -0.15) is 0 Å². The third-order valence-corrected chi connectivity index (χ3v) is 4.57. The van der Waals surface area contributed by atoms with Crippen molar-refractivity contribution in [1.29, 1.82) is 0 Å². The van der Waals surface area contributed by atoms with Gasteiger partial charge in [0.2, 0.25) is 0 Å². The van der Waals surface area contributed by atoms with Gasteiger partial charge in [-0.1, -0.05) is 37.9 Å². The van der Waals surface area contributed by atoms with E-state index in [1.54, 1.807) is 18.2 Å². The van der Waals surface area contributed by atoms with Gasteiger partial charge >= 0.3 is 5.69 Å². The lowest BCUT2D eigenvalue weighted by molar-refractivity contribution is 0.559. The predicted octanol–water partition coefficient (Wildman–Crippen LogP) is 4.38. The highest BCUT2D eigenvalue weighted by atomic mass is 79.9. The number of aromatic nitrogens is 2. The molecule has 108 valence electrons. The summed E-state index contributed by atoms with van der Waals surface area (Å²) in [6.07, 6.45) is 0. The van der Waals surface area contributed by atoms with Gasteiger partial charge < -0.3 is 9.97 Å². The molecule has 1 heterocycles. The number of hydrogen-bond donors (Lipinski definition) is 2. The third kappa shape index (κ3) is 2.67. The molecule has 0 fully saturated rings. The van der Waals surface area contributed by atoms with Crippen LogP contribution in [0.2, 0.25) is 0 Å². The van der Waals surface area contributed by atoms with Crippen molar-refractivity contribution < 1.29 is 8.78 Å². The molecule has 21 heavy (non-hydrogen) atoms. The van der Waals surface area contributed by atoms with E-state index in [0.29, 0.717) is 21.1 Å². The fourth-order valence-electron chi connectivity index (χ4n) is 2.17. The number of hydrogen-bond acceptors (Lipinski definition) is 1. The Bertz CT molecular complexity index is 865. The lowest BCUT2D eigenvalue weighted by atomic mass is 10.0. The summed E-state index contributed by atoms with van der Waals surface area (Å²) in [7, 11) is 0. The molecule has 0 saturated heterocycles. The van der Waals surface area contributed by atoms with Gasteiger partial charge in [-0.3, -0.25) is 0 Å². The minimum atomic E-state index is -0.659. The zero-order valence-corrected chi connectivity index (χ0v) is 13.6. The molecule has 0 aliphatic carbocycles. The quantitative estimate of drug-likeness (QED) is 0.597. The van der Waals surface area contributed by atoms with E-state index in [-0.39, 0.29) is 11.3 Å². The van der Waals surface area contributed by atoms with Crippen LogP contribution in [0, 0.1) is 11.6 Å². The smallest absolute Gasteiger partial charge is 0.306 e. The second-order valence-electron chi connectivity index (χ2n) is 4.53. The van der Waals surface area contributed by atoms with E-state index < -0.39 is 16.5 Å². The number of imidazole rings is 1. The van der Waals surface area contributed by atoms with Gasteiger partial charge in [0.15, 0.2) is 0 Å². The Labute approximate surface area is 134 Å². The van der Waals surface area contributed by atoms with Crippen molar-refractivity contribution in [3.05, 3.63) is 68.1 Å². The average molecular weight is 418 g/mol. The SMILES string of the molecule is O=c1[nH]c2ccc(C(Br)c3c(F)cc(Br)cc3F)cc2[nH]1. The van der Waals surface area contributed by atoms with E-state index in [9.17, 15) is 13.6 Å². The number of benzene rings is 2. The Morgan fingerprint density at radius 2 is 1.62 bits per heavy atom. The molecule has 1 aromatic heterocycles. The summed E-state index contributed by atoms with van der Waals surface area (Å²) in [5.74, 6) is -1.29. The first kappa shape index (κ1) is 14.5. The van der Waals surface area contributed by atoms with Crippen LogP contribution in [-0.2, 0) is 0 Å². The largest absolute Gasteiger partial charge is 0.323 e. The number of halogens is 4. The monoisotopic (exact) mass is 416 g/mol. The van der Waals surface area contributed by atoms with Crippen molar-refractivity contribution in [3.63, 3.8) is 0 Å². The Kier molecular flexibility index (Phi) is 3.71. The summed E-state index contributed by atoms with van der Waals surface area (Å²) in [5, 5.41) is 0. The minimum Gasteiger partial charge on any atom is -0.306 e. The molecule has 3 aromatic rings. The predicted molar refractivity (Wildman–Crippen MR) is 83.7 cm³/mol. The van der Waals surface area contributed by atoms with Gasteiger partial charge in [0.05, 0.1) is 15.9 Å².